The van der Waals surface area contributed by atoms with E-state index < -0.39 is 5.97 Å². The van der Waals surface area contributed by atoms with Gasteiger partial charge in [-0.2, -0.15) is 0 Å². The quantitative estimate of drug-likeness (QED) is 0.783. The summed E-state index contributed by atoms with van der Waals surface area (Å²) in [5, 5.41) is 11.8. The van der Waals surface area contributed by atoms with Crippen molar-refractivity contribution in [3.63, 3.8) is 0 Å². The summed E-state index contributed by atoms with van der Waals surface area (Å²) in [5.41, 5.74) is 2.31. The Bertz CT molecular complexity index is 802. The summed E-state index contributed by atoms with van der Waals surface area (Å²) in [4.78, 5) is 23.5. The first-order valence-electron chi connectivity index (χ1n) is 8.14. The lowest BCUT2D eigenvalue weighted by Gasteiger charge is -2.21. The molecule has 2 aromatic carbocycles. The van der Waals surface area contributed by atoms with Gasteiger partial charge in [-0.05, 0) is 53.8 Å². The Morgan fingerprint density at radius 3 is 2.35 bits per heavy atom. The third kappa shape index (κ3) is 4.34. The van der Waals surface area contributed by atoms with Crippen LogP contribution in [0.3, 0.4) is 0 Å². The van der Waals surface area contributed by atoms with E-state index >= 15 is 0 Å². The fourth-order valence-corrected chi connectivity index (χ4v) is 5.49. The number of carbonyl (C=O) groups excluding carboxylic acids is 1. The smallest absolute Gasteiger partial charge is 0.335 e. The van der Waals surface area contributed by atoms with Crippen LogP contribution >= 0.6 is 23.5 Å². The van der Waals surface area contributed by atoms with Crippen molar-refractivity contribution in [3.8, 4) is 5.75 Å². The van der Waals surface area contributed by atoms with Gasteiger partial charge in [0.2, 0.25) is 0 Å². The second-order valence-electron chi connectivity index (χ2n) is 5.72. The zero-order chi connectivity index (χ0) is 18.5. The van der Waals surface area contributed by atoms with Crippen LogP contribution in [0, 0.1) is 0 Å². The standard InChI is InChI=1S/C19H19NO4S2/c1-24-16-11-14(18(22)23)7-8-15(16)20-17(21)12-3-5-13(6-4-12)19-25-9-2-10-26-19/h3-8,11,19H,2,9-10H2,1H3,(H,20,21)(H,22,23). The van der Waals surface area contributed by atoms with E-state index in [1.807, 2.05) is 47.8 Å². The third-order valence-corrected chi connectivity index (χ3v) is 6.98. The lowest BCUT2D eigenvalue weighted by molar-refractivity contribution is 0.0696. The topological polar surface area (TPSA) is 75.6 Å². The molecule has 1 amide bonds. The summed E-state index contributed by atoms with van der Waals surface area (Å²) in [6.07, 6.45) is 1.24. The molecule has 26 heavy (non-hydrogen) atoms. The van der Waals surface area contributed by atoms with Gasteiger partial charge in [-0.3, -0.25) is 4.79 Å². The second kappa shape index (κ2) is 8.51. The second-order valence-corrected chi connectivity index (χ2v) is 8.45. The summed E-state index contributed by atoms with van der Waals surface area (Å²) < 4.78 is 5.62. The molecule has 2 aromatic rings. The molecule has 0 saturated carbocycles. The molecule has 1 aliphatic rings. The van der Waals surface area contributed by atoms with Crippen LogP contribution in [0.1, 0.15) is 37.3 Å². The molecule has 1 aliphatic heterocycles. The molecule has 3 rings (SSSR count). The Morgan fingerprint density at radius 2 is 1.73 bits per heavy atom. The van der Waals surface area contributed by atoms with Gasteiger partial charge < -0.3 is 15.2 Å². The molecule has 0 aromatic heterocycles. The molecule has 0 atom stereocenters. The van der Waals surface area contributed by atoms with Crippen molar-refractivity contribution < 1.29 is 19.4 Å². The Hall–Kier alpha value is -2.12. The first-order valence-corrected chi connectivity index (χ1v) is 10.2. The van der Waals surface area contributed by atoms with E-state index in [9.17, 15) is 9.59 Å². The number of hydrogen-bond acceptors (Lipinski definition) is 5. The Balaban J connectivity index is 1.72. The highest BCUT2D eigenvalue weighted by Gasteiger charge is 2.17. The van der Waals surface area contributed by atoms with Crippen molar-refractivity contribution in [2.24, 2.45) is 0 Å². The Morgan fingerprint density at radius 1 is 1.08 bits per heavy atom. The minimum atomic E-state index is -1.05. The fraction of sp³-hybridized carbons (Fsp3) is 0.263. The van der Waals surface area contributed by atoms with Crippen molar-refractivity contribution in [2.45, 2.75) is 11.0 Å². The van der Waals surface area contributed by atoms with Crippen molar-refractivity contribution in [1.82, 2.24) is 0 Å². The predicted molar refractivity (Wildman–Crippen MR) is 107 cm³/mol. The molecular formula is C19H19NO4S2. The zero-order valence-electron chi connectivity index (χ0n) is 14.2. The molecule has 1 saturated heterocycles. The monoisotopic (exact) mass is 389 g/mol. The maximum atomic E-state index is 12.5. The average molecular weight is 389 g/mol. The largest absolute Gasteiger partial charge is 0.495 e. The number of rotatable bonds is 5. The van der Waals surface area contributed by atoms with E-state index in [4.69, 9.17) is 9.84 Å². The van der Waals surface area contributed by atoms with Crippen LogP contribution in [0.25, 0.3) is 0 Å². The van der Waals surface area contributed by atoms with Crippen LogP contribution < -0.4 is 10.1 Å². The van der Waals surface area contributed by atoms with E-state index in [1.165, 1.54) is 48.8 Å². The SMILES string of the molecule is COc1cc(C(=O)O)ccc1NC(=O)c1ccc(C2SCCCS2)cc1. The number of hydrogen-bond donors (Lipinski definition) is 2. The molecule has 0 radical (unpaired) electrons. The van der Waals surface area contributed by atoms with E-state index in [1.54, 1.807) is 0 Å². The summed E-state index contributed by atoms with van der Waals surface area (Å²) in [7, 11) is 1.44. The van der Waals surface area contributed by atoms with Crippen LogP contribution in [-0.2, 0) is 0 Å². The summed E-state index contributed by atoms with van der Waals surface area (Å²) in [6, 6.07) is 12.0. The first kappa shape index (κ1) is 18.7. The van der Waals surface area contributed by atoms with Crippen LogP contribution in [-0.4, -0.2) is 35.6 Å². The molecule has 2 N–H and O–H groups in total. The van der Waals surface area contributed by atoms with Gasteiger partial charge in [-0.25, -0.2) is 4.79 Å². The highest BCUT2D eigenvalue weighted by Crippen LogP contribution is 2.43. The summed E-state index contributed by atoms with van der Waals surface area (Å²) in [5.74, 6) is 1.35. The number of carboxylic acids is 1. The molecule has 7 heteroatoms. The minimum Gasteiger partial charge on any atom is -0.495 e. The van der Waals surface area contributed by atoms with Gasteiger partial charge in [0.25, 0.3) is 5.91 Å². The number of amides is 1. The van der Waals surface area contributed by atoms with Crippen molar-refractivity contribution in [3.05, 3.63) is 59.2 Å². The Kier molecular flexibility index (Phi) is 6.11. The highest BCUT2D eigenvalue weighted by atomic mass is 32.2. The number of carboxylic acid groups (broad SMARTS) is 1. The number of methoxy groups -OCH3 is 1. The summed E-state index contributed by atoms with van der Waals surface area (Å²) >= 11 is 3.88. The molecule has 0 spiro atoms. The third-order valence-electron chi connectivity index (χ3n) is 3.97. The van der Waals surface area contributed by atoms with Gasteiger partial charge in [0, 0.05) is 5.56 Å². The molecule has 136 valence electrons. The lowest BCUT2D eigenvalue weighted by atomic mass is 10.1. The maximum absolute atomic E-state index is 12.5. The van der Waals surface area contributed by atoms with Gasteiger partial charge in [0.1, 0.15) is 5.75 Å². The molecule has 1 heterocycles. The zero-order valence-corrected chi connectivity index (χ0v) is 15.9. The molecule has 0 unspecified atom stereocenters. The number of carbonyl (C=O) groups is 2. The number of nitrogens with one attached hydrogen (secondary N) is 1. The summed E-state index contributed by atoms with van der Waals surface area (Å²) in [6.45, 7) is 0. The lowest BCUT2D eigenvalue weighted by Crippen LogP contribution is -2.13. The number of anilines is 1. The minimum absolute atomic E-state index is 0.103. The van der Waals surface area contributed by atoms with Crippen LogP contribution in [0.4, 0.5) is 5.69 Å². The highest BCUT2D eigenvalue weighted by molar-refractivity contribution is 8.16. The number of aromatic carboxylic acids is 1. The van der Waals surface area contributed by atoms with Crippen molar-refractivity contribution in [2.75, 3.05) is 23.9 Å². The van der Waals surface area contributed by atoms with Gasteiger partial charge in [-0.15, -0.1) is 23.5 Å². The maximum Gasteiger partial charge on any atom is 0.335 e. The Labute approximate surface area is 160 Å². The van der Waals surface area contributed by atoms with Gasteiger partial charge in [0.05, 0.1) is 22.9 Å². The van der Waals surface area contributed by atoms with E-state index in [2.05, 4.69) is 5.32 Å². The van der Waals surface area contributed by atoms with Crippen molar-refractivity contribution in [1.29, 1.82) is 0 Å². The van der Waals surface area contributed by atoms with Gasteiger partial charge >= 0.3 is 5.97 Å². The van der Waals surface area contributed by atoms with Crippen molar-refractivity contribution >= 4 is 41.1 Å². The molecule has 0 bridgehead atoms. The van der Waals surface area contributed by atoms with E-state index in [0.29, 0.717) is 21.6 Å². The predicted octanol–water partition coefficient (Wildman–Crippen LogP) is 4.51. The molecule has 1 fully saturated rings. The van der Waals surface area contributed by atoms with Crippen LogP contribution in [0.5, 0.6) is 5.75 Å². The average Bonchev–Trinajstić information content (AvgIpc) is 2.69. The fourth-order valence-electron chi connectivity index (χ4n) is 2.59. The first-order chi connectivity index (χ1) is 12.6. The van der Waals surface area contributed by atoms with E-state index in [-0.39, 0.29) is 11.5 Å². The van der Waals surface area contributed by atoms with E-state index in [0.717, 1.165) is 0 Å². The number of ether oxygens (including phenoxy) is 1. The molecular weight excluding hydrogens is 370 g/mol. The van der Waals surface area contributed by atoms with Crippen LogP contribution in [0.15, 0.2) is 42.5 Å². The molecule has 0 aliphatic carbocycles. The van der Waals surface area contributed by atoms with Gasteiger partial charge in [-0.1, -0.05) is 12.1 Å². The normalized spacial score (nSPS) is 14.7. The molecule has 5 nitrogen and oxygen atoms in total. The number of benzene rings is 2. The van der Waals surface area contributed by atoms with Crippen LogP contribution in [0.2, 0.25) is 0 Å². The number of thioether (sulfide) groups is 2. The van der Waals surface area contributed by atoms with Gasteiger partial charge in [0.15, 0.2) is 0 Å².